The first-order valence-electron chi connectivity index (χ1n) is 18.6. The minimum atomic E-state index is -3.93. The second-order valence-corrected chi connectivity index (χ2v) is 18.8. The van der Waals surface area contributed by atoms with Gasteiger partial charge in [-0.15, -0.1) is 11.3 Å². The number of allylic oxidation sites excluding steroid dienone is 1. The van der Waals surface area contributed by atoms with Crippen LogP contribution < -0.4 is 19.5 Å². The van der Waals surface area contributed by atoms with Crippen LogP contribution in [0.15, 0.2) is 35.7 Å². The fourth-order valence-electron chi connectivity index (χ4n) is 7.65. The van der Waals surface area contributed by atoms with Crippen molar-refractivity contribution < 1.29 is 32.3 Å². The van der Waals surface area contributed by atoms with Crippen LogP contribution in [0.2, 0.25) is 0 Å². The van der Waals surface area contributed by atoms with Gasteiger partial charge in [0.25, 0.3) is 5.91 Å². The van der Waals surface area contributed by atoms with E-state index >= 15 is 0 Å². The highest BCUT2D eigenvalue weighted by Crippen LogP contribution is 2.48. The summed E-state index contributed by atoms with van der Waals surface area (Å²) in [4.78, 5) is 53.7. The minimum Gasteiger partial charge on any atom is -0.496 e. The van der Waals surface area contributed by atoms with E-state index in [2.05, 4.69) is 23.9 Å². The minimum absolute atomic E-state index is 0.149. The number of sulfonamides is 1. The van der Waals surface area contributed by atoms with Gasteiger partial charge in [0.2, 0.25) is 21.8 Å². The molecule has 0 radical (unpaired) electrons. The summed E-state index contributed by atoms with van der Waals surface area (Å²) in [7, 11) is -0.544. The smallest absolute Gasteiger partial charge is 0.259 e. The molecule has 1 aromatic carbocycles. The lowest BCUT2D eigenvalue weighted by molar-refractivity contribution is -0.140. The second kappa shape index (κ2) is 14.0. The SMILES string of the molecule is COc1ccc2c(OC3C[C@H]4C(=O)NC5(C(=O)NS(=O)(=O)C6(C)CC6)C[C@H]5/C=C\CCCCN(C)C(=O)[C@@H]4C3)cc(-c3nc(C(C)C)cs3)nc2c1C. The van der Waals surface area contributed by atoms with Crippen molar-refractivity contribution in [3.8, 4) is 22.2 Å². The number of methoxy groups -OCH3 is 1. The number of aromatic nitrogens is 2. The van der Waals surface area contributed by atoms with Gasteiger partial charge in [-0.2, -0.15) is 0 Å². The Bertz CT molecular complexity index is 2090. The van der Waals surface area contributed by atoms with Crippen LogP contribution in [0.3, 0.4) is 0 Å². The van der Waals surface area contributed by atoms with Gasteiger partial charge in [-0.25, -0.2) is 18.4 Å². The van der Waals surface area contributed by atoms with Crippen LogP contribution in [0.4, 0.5) is 0 Å². The number of thiazole rings is 1. The number of hydrogen-bond donors (Lipinski definition) is 2. The van der Waals surface area contributed by atoms with Crippen molar-refractivity contribution in [1.82, 2.24) is 24.9 Å². The Kier molecular flexibility index (Phi) is 9.84. The molecule has 3 amide bonds. The number of hydrogen-bond acceptors (Lipinski definition) is 10. The molecule has 53 heavy (non-hydrogen) atoms. The number of ether oxygens (including phenoxy) is 2. The van der Waals surface area contributed by atoms with E-state index in [1.807, 2.05) is 42.7 Å². The summed E-state index contributed by atoms with van der Waals surface area (Å²) in [5.74, 6) is -1.67. The molecule has 7 rings (SSSR count). The maximum absolute atomic E-state index is 14.3. The van der Waals surface area contributed by atoms with Crippen LogP contribution in [-0.2, 0) is 24.4 Å². The third kappa shape index (κ3) is 7.04. The molecule has 5 atom stereocenters. The van der Waals surface area contributed by atoms with E-state index in [-0.39, 0.29) is 30.6 Å². The summed E-state index contributed by atoms with van der Waals surface area (Å²) in [5, 5.41) is 6.54. The van der Waals surface area contributed by atoms with Gasteiger partial charge < -0.3 is 19.7 Å². The molecule has 3 saturated carbocycles. The largest absolute Gasteiger partial charge is 0.496 e. The van der Waals surface area contributed by atoms with Crippen LogP contribution in [0, 0.1) is 24.7 Å². The van der Waals surface area contributed by atoms with Crippen LogP contribution in [0.1, 0.15) is 89.3 Å². The molecule has 3 fully saturated rings. The molecule has 0 saturated heterocycles. The molecule has 0 spiro atoms. The topological polar surface area (TPSA) is 157 Å². The van der Waals surface area contributed by atoms with Crippen LogP contribution in [0.5, 0.6) is 11.5 Å². The molecule has 12 nitrogen and oxygen atoms in total. The summed E-state index contributed by atoms with van der Waals surface area (Å²) < 4.78 is 39.9. The van der Waals surface area contributed by atoms with Crippen molar-refractivity contribution in [2.24, 2.45) is 17.8 Å². The molecule has 2 N–H and O–H groups in total. The van der Waals surface area contributed by atoms with Crippen LogP contribution >= 0.6 is 11.3 Å². The molecule has 3 heterocycles. The monoisotopic (exact) mass is 763 g/mol. The Balaban J connectivity index is 1.21. The lowest BCUT2D eigenvalue weighted by Crippen LogP contribution is -2.55. The van der Waals surface area contributed by atoms with Gasteiger partial charge in [0.15, 0.2) is 0 Å². The van der Waals surface area contributed by atoms with Gasteiger partial charge in [0.1, 0.15) is 33.8 Å². The Morgan fingerprint density at radius 1 is 1.11 bits per heavy atom. The number of nitrogens with zero attached hydrogens (tertiary/aromatic N) is 3. The number of amides is 3. The molecule has 2 aromatic heterocycles. The van der Waals surface area contributed by atoms with Crippen LogP contribution in [0.25, 0.3) is 21.6 Å². The first kappa shape index (κ1) is 37.3. The van der Waals surface area contributed by atoms with E-state index < -0.39 is 50.1 Å². The Hall–Kier alpha value is -4.04. The molecule has 14 heteroatoms. The molecule has 3 aliphatic carbocycles. The first-order chi connectivity index (χ1) is 25.2. The van der Waals surface area contributed by atoms with E-state index in [1.54, 1.807) is 26.0 Å². The molecular formula is C39H49N5O7S2. The zero-order valence-corrected chi connectivity index (χ0v) is 32.9. The summed E-state index contributed by atoms with van der Waals surface area (Å²) in [6.07, 6.45) is 7.52. The molecular weight excluding hydrogens is 715 g/mol. The highest BCUT2D eigenvalue weighted by molar-refractivity contribution is 7.91. The van der Waals surface area contributed by atoms with E-state index in [4.69, 9.17) is 19.4 Å². The van der Waals surface area contributed by atoms with E-state index in [9.17, 15) is 22.8 Å². The maximum atomic E-state index is 14.3. The molecule has 2 unspecified atom stereocenters. The lowest BCUT2D eigenvalue weighted by Gasteiger charge is -2.27. The average Bonchev–Trinajstić information content (AvgIpc) is 3.89. The van der Waals surface area contributed by atoms with Crippen molar-refractivity contribution >= 4 is 50.0 Å². The summed E-state index contributed by atoms with van der Waals surface area (Å²) >= 11 is 1.51. The summed E-state index contributed by atoms with van der Waals surface area (Å²) in [5.41, 5.74) is 1.77. The van der Waals surface area contributed by atoms with Crippen molar-refractivity contribution in [2.75, 3.05) is 20.7 Å². The van der Waals surface area contributed by atoms with Crippen LogP contribution in [-0.4, -0.2) is 78.1 Å². The average molecular weight is 764 g/mol. The number of carbonyl (C=O) groups is 3. The van der Waals surface area contributed by atoms with Gasteiger partial charge in [0.05, 0.1) is 34.9 Å². The highest BCUT2D eigenvalue weighted by atomic mass is 32.2. The van der Waals surface area contributed by atoms with Crippen molar-refractivity contribution in [3.63, 3.8) is 0 Å². The highest BCUT2D eigenvalue weighted by Gasteiger charge is 2.63. The fourth-order valence-corrected chi connectivity index (χ4v) is 9.90. The maximum Gasteiger partial charge on any atom is 0.259 e. The molecule has 4 aliphatic rings. The van der Waals surface area contributed by atoms with Gasteiger partial charge in [0, 0.05) is 41.9 Å². The fraction of sp³-hybridized carbons (Fsp3) is 0.564. The van der Waals surface area contributed by atoms with Gasteiger partial charge in [-0.3, -0.25) is 19.1 Å². The number of fused-ring (bicyclic) bond motifs is 3. The predicted molar refractivity (Wildman–Crippen MR) is 203 cm³/mol. The number of nitrogens with one attached hydrogen (secondary N) is 2. The van der Waals surface area contributed by atoms with E-state index in [0.29, 0.717) is 48.5 Å². The molecule has 0 bridgehead atoms. The van der Waals surface area contributed by atoms with Gasteiger partial charge in [-0.1, -0.05) is 26.0 Å². The van der Waals surface area contributed by atoms with E-state index in [0.717, 1.165) is 40.9 Å². The second-order valence-electron chi connectivity index (χ2n) is 15.8. The third-order valence-corrected chi connectivity index (χ3v) is 14.7. The lowest BCUT2D eigenvalue weighted by atomic mass is 9.93. The third-order valence-electron chi connectivity index (χ3n) is 11.6. The Labute approximate surface area is 315 Å². The Morgan fingerprint density at radius 3 is 2.57 bits per heavy atom. The molecule has 3 aromatic rings. The number of carbonyl (C=O) groups excluding carboxylic acids is 3. The van der Waals surface area contributed by atoms with Gasteiger partial charge >= 0.3 is 0 Å². The number of pyridine rings is 1. The summed E-state index contributed by atoms with van der Waals surface area (Å²) in [6.45, 7) is 8.31. The summed E-state index contributed by atoms with van der Waals surface area (Å²) in [6, 6.07) is 5.66. The number of aryl methyl sites for hydroxylation is 1. The number of rotatable bonds is 8. The van der Waals surface area contributed by atoms with Crippen molar-refractivity contribution in [1.29, 1.82) is 0 Å². The molecule has 284 valence electrons. The van der Waals surface area contributed by atoms with Crippen molar-refractivity contribution in [3.05, 3.63) is 47.0 Å². The zero-order chi connectivity index (χ0) is 37.9. The quantitative estimate of drug-likeness (QED) is 0.277. The first-order valence-corrected chi connectivity index (χ1v) is 20.9. The van der Waals surface area contributed by atoms with Gasteiger partial charge in [-0.05, 0) is 83.3 Å². The Morgan fingerprint density at radius 2 is 1.87 bits per heavy atom. The van der Waals surface area contributed by atoms with Crippen molar-refractivity contribution in [2.45, 2.75) is 101 Å². The number of benzene rings is 1. The van der Waals surface area contributed by atoms with E-state index in [1.165, 1.54) is 11.3 Å². The zero-order valence-electron chi connectivity index (χ0n) is 31.2. The molecule has 1 aliphatic heterocycles. The predicted octanol–water partition coefficient (Wildman–Crippen LogP) is 5.64. The standard InChI is InChI=1S/C39H49N5O7S2/c1-22(2)30-21-52-35(41-30)29-19-32(26-12-13-31(50-6)23(3)33(26)40-29)51-25-17-27-28(18-25)36(46)44(5)16-10-8-7-9-11-24-20-39(24,42-34(27)45)37(47)43-53(48,49)38(4)14-15-38/h9,11-13,19,21-22,24-25,27-28H,7-8,10,14-18,20H2,1-6H3,(H,42,45)(H,43,47)/b11-9-/t24-,25?,27-,28-,39?/m1/s1. The normalized spacial score (nSPS) is 27.7.